The van der Waals surface area contributed by atoms with Gasteiger partial charge in [0.2, 0.25) is 0 Å². The molecule has 0 radical (unpaired) electrons. The maximum atomic E-state index is 12.1. The molecule has 3 rings (SSSR count). The van der Waals surface area contributed by atoms with Crippen molar-refractivity contribution in [1.29, 1.82) is 0 Å². The van der Waals surface area contributed by atoms with Gasteiger partial charge < -0.3 is 10.4 Å². The number of carbonyl (C=O) groups excluding carboxylic acids is 1. The van der Waals surface area contributed by atoms with Crippen molar-refractivity contribution in [3.8, 4) is 0 Å². The van der Waals surface area contributed by atoms with Gasteiger partial charge in [-0.15, -0.1) is 0 Å². The number of nitrogens with one attached hydrogen (secondary N) is 2. The molecule has 0 spiro atoms. The molecule has 7 nitrogen and oxygen atoms in total. The molecule has 20 heavy (non-hydrogen) atoms. The summed E-state index contributed by atoms with van der Waals surface area (Å²) in [4.78, 5) is 23.0. The lowest BCUT2D eigenvalue weighted by Gasteiger charge is -2.12. The summed E-state index contributed by atoms with van der Waals surface area (Å²) in [6.45, 7) is 0. The van der Waals surface area contributed by atoms with Gasteiger partial charge in [-0.2, -0.15) is 15.4 Å². The van der Waals surface area contributed by atoms with E-state index in [0.717, 1.165) is 0 Å². The number of carbonyl (C=O) groups is 2. The number of aliphatic carboxylic acids is 1. The maximum Gasteiger partial charge on any atom is 0.306 e. The van der Waals surface area contributed by atoms with E-state index in [4.69, 9.17) is 5.11 Å². The Hall–Kier alpha value is -2.44. The second-order valence-corrected chi connectivity index (χ2v) is 5.05. The number of nitrogens with zero attached hydrogens (tertiary/aromatic N) is 2. The minimum atomic E-state index is -0.786. The molecular weight excluding hydrogens is 260 g/mol. The van der Waals surface area contributed by atoms with E-state index in [1.54, 1.807) is 18.2 Å². The third-order valence-electron chi connectivity index (χ3n) is 3.70. The molecule has 0 unspecified atom stereocenters. The van der Waals surface area contributed by atoms with Crippen molar-refractivity contribution in [3.05, 3.63) is 23.8 Å². The van der Waals surface area contributed by atoms with Crippen LogP contribution >= 0.6 is 0 Å². The Morgan fingerprint density at radius 3 is 2.80 bits per heavy atom. The van der Waals surface area contributed by atoms with Gasteiger partial charge in [0.15, 0.2) is 0 Å². The summed E-state index contributed by atoms with van der Waals surface area (Å²) in [7, 11) is 0. The van der Waals surface area contributed by atoms with E-state index in [9.17, 15) is 9.59 Å². The summed E-state index contributed by atoms with van der Waals surface area (Å²) in [5.74, 6) is -1.34. The highest BCUT2D eigenvalue weighted by molar-refractivity contribution is 5.97. The standard InChI is InChI=1S/C13H14N4O3/c18-12(14-9-3-1-8(5-9)13(19)20)7-2-4-10-11(6-7)16-17-15-10/h2,4,6,8-9H,1,3,5H2,(H,14,18)(H,19,20)(H,15,16,17)/t8-,9+/m0/s1. The first-order valence-corrected chi connectivity index (χ1v) is 6.47. The maximum absolute atomic E-state index is 12.1. The van der Waals surface area contributed by atoms with Crippen LogP contribution in [0.3, 0.4) is 0 Å². The number of hydrogen-bond acceptors (Lipinski definition) is 4. The largest absolute Gasteiger partial charge is 0.481 e. The van der Waals surface area contributed by atoms with Crippen LogP contribution in [0.25, 0.3) is 11.0 Å². The van der Waals surface area contributed by atoms with Crippen LogP contribution in [0, 0.1) is 5.92 Å². The van der Waals surface area contributed by atoms with Crippen LogP contribution in [-0.4, -0.2) is 38.4 Å². The molecule has 1 aromatic heterocycles. The van der Waals surface area contributed by atoms with Crippen molar-refractivity contribution in [2.75, 3.05) is 0 Å². The zero-order valence-corrected chi connectivity index (χ0v) is 10.7. The lowest BCUT2D eigenvalue weighted by atomic mass is 10.1. The number of aromatic amines is 1. The number of H-pyrrole nitrogens is 1. The molecule has 1 fully saturated rings. The first-order chi connectivity index (χ1) is 9.63. The van der Waals surface area contributed by atoms with E-state index in [-0.39, 0.29) is 17.9 Å². The highest BCUT2D eigenvalue weighted by atomic mass is 16.4. The van der Waals surface area contributed by atoms with Crippen molar-refractivity contribution in [3.63, 3.8) is 0 Å². The number of carboxylic acids is 1. The van der Waals surface area contributed by atoms with Crippen molar-refractivity contribution in [1.82, 2.24) is 20.7 Å². The first-order valence-electron chi connectivity index (χ1n) is 6.47. The zero-order chi connectivity index (χ0) is 14.1. The lowest BCUT2D eigenvalue weighted by Crippen LogP contribution is -2.33. The third-order valence-corrected chi connectivity index (χ3v) is 3.70. The molecule has 104 valence electrons. The average Bonchev–Trinajstić information content (AvgIpc) is 3.05. The topological polar surface area (TPSA) is 108 Å². The molecule has 1 aliphatic rings. The number of amides is 1. The van der Waals surface area contributed by atoms with E-state index < -0.39 is 5.97 Å². The second kappa shape index (κ2) is 4.92. The van der Waals surface area contributed by atoms with Gasteiger partial charge in [-0.1, -0.05) is 0 Å². The molecule has 3 N–H and O–H groups in total. The highest BCUT2D eigenvalue weighted by Gasteiger charge is 2.30. The van der Waals surface area contributed by atoms with E-state index >= 15 is 0 Å². The molecule has 0 saturated heterocycles. The summed E-state index contributed by atoms with van der Waals surface area (Å²) >= 11 is 0. The molecule has 7 heteroatoms. The number of benzene rings is 1. The van der Waals surface area contributed by atoms with Gasteiger partial charge in [0, 0.05) is 11.6 Å². The predicted octanol–water partition coefficient (Wildman–Crippen LogP) is 0.941. The zero-order valence-electron chi connectivity index (χ0n) is 10.7. The van der Waals surface area contributed by atoms with E-state index in [2.05, 4.69) is 20.7 Å². The summed E-state index contributed by atoms with van der Waals surface area (Å²) in [6.07, 6.45) is 1.81. The monoisotopic (exact) mass is 274 g/mol. The molecule has 0 aliphatic heterocycles. The van der Waals surface area contributed by atoms with E-state index in [1.165, 1.54) is 0 Å². The van der Waals surface area contributed by atoms with Gasteiger partial charge >= 0.3 is 5.97 Å². The number of rotatable bonds is 3. The summed E-state index contributed by atoms with van der Waals surface area (Å²) in [6, 6.07) is 5.00. The van der Waals surface area contributed by atoms with Gasteiger partial charge in [-0.05, 0) is 37.5 Å². The average molecular weight is 274 g/mol. The van der Waals surface area contributed by atoms with Gasteiger partial charge in [0.25, 0.3) is 5.91 Å². The van der Waals surface area contributed by atoms with Crippen molar-refractivity contribution in [2.45, 2.75) is 25.3 Å². The highest BCUT2D eigenvalue weighted by Crippen LogP contribution is 2.26. The molecule has 1 aromatic carbocycles. The van der Waals surface area contributed by atoms with Gasteiger partial charge in [0.05, 0.1) is 5.92 Å². The van der Waals surface area contributed by atoms with Crippen molar-refractivity contribution < 1.29 is 14.7 Å². The molecule has 2 atom stereocenters. The molecule has 1 aliphatic carbocycles. The SMILES string of the molecule is O=C(N[C@@H]1CC[C@H](C(=O)O)C1)c1ccc2n[nH]nc2c1. The third kappa shape index (κ3) is 2.34. The summed E-state index contributed by atoms with van der Waals surface area (Å²) in [5.41, 5.74) is 1.84. The Morgan fingerprint density at radius 2 is 2.05 bits per heavy atom. The molecule has 1 saturated carbocycles. The fourth-order valence-electron chi connectivity index (χ4n) is 2.59. The Bertz CT molecular complexity index is 666. The Morgan fingerprint density at radius 1 is 1.25 bits per heavy atom. The second-order valence-electron chi connectivity index (χ2n) is 5.05. The summed E-state index contributed by atoms with van der Waals surface area (Å²) in [5, 5.41) is 22.2. The number of aromatic nitrogens is 3. The van der Waals surface area contributed by atoms with Gasteiger partial charge in [-0.25, -0.2) is 0 Å². The fraction of sp³-hybridized carbons (Fsp3) is 0.385. The number of carboxylic acid groups (broad SMARTS) is 1. The normalized spacial score (nSPS) is 22.0. The van der Waals surface area contributed by atoms with Crippen LogP contribution in [0.1, 0.15) is 29.6 Å². The Balaban J connectivity index is 1.68. The van der Waals surface area contributed by atoms with Gasteiger partial charge in [0.1, 0.15) is 11.0 Å². The van der Waals surface area contributed by atoms with E-state index in [0.29, 0.717) is 35.9 Å². The molecule has 0 bridgehead atoms. The molecule has 1 heterocycles. The predicted molar refractivity (Wildman–Crippen MR) is 70.1 cm³/mol. The first kappa shape index (κ1) is 12.6. The van der Waals surface area contributed by atoms with Gasteiger partial charge in [-0.3, -0.25) is 9.59 Å². The number of hydrogen-bond donors (Lipinski definition) is 3. The van der Waals surface area contributed by atoms with Crippen LogP contribution in [-0.2, 0) is 4.79 Å². The molecular formula is C13H14N4O3. The Labute approximate surface area is 114 Å². The lowest BCUT2D eigenvalue weighted by molar-refractivity contribution is -0.141. The van der Waals surface area contributed by atoms with Crippen molar-refractivity contribution >= 4 is 22.9 Å². The minimum absolute atomic E-state index is 0.0726. The van der Waals surface area contributed by atoms with Crippen LogP contribution in [0.5, 0.6) is 0 Å². The smallest absolute Gasteiger partial charge is 0.306 e. The van der Waals surface area contributed by atoms with Crippen LogP contribution in [0.2, 0.25) is 0 Å². The fourth-order valence-corrected chi connectivity index (χ4v) is 2.59. The molecule has 2 aromatic rings. The minimum Gasteiger partial charge on any atom is -0.481 e. The van der Waals surface area contributed by atoms with Crippen molar-refractivity contribution in [2.24, 2.45) is 5.92 Å². The summed E-state index contributed by atoms with van der Waals surface area (Å²) < 4.78 is 0. The Kier molecular flexibility index (Phi) is 3.09. The van der Waals surface area contributed by atoms with E-state index in [1.807, 2.05) is 0 Å². The quantitative estimate of drug-likeness (QED) is 0.772. The van der Waals surface area contributed by atoms with Crippen LogP contribution < -0.4 is 5.32 Å². The molecule has 1 amide bonds. The van der Waals surface area contributed by atoms with Crippen LogP contribution in [0.15, 0.2) is 18.2 Å². The number of fused-ring (bicyclic) bond motifs is 1. The van der Waals surface area contributed by atoms with Crippen LogP contribution in [0.4, 0.5) is 0 Å².